The second-order valence-electron chi connectivity index (χ2n) is 7.90. The zero-order valence-electron chi connectivity index (χ0n) is 18.5. The summed E-state index contributed by atoms with van der Waals surface area (Å²) in [5.41, 5.74) is 4.66. The number of ether oxygens (including phenoxy) is 1. The molecule has 0 aromatic heterocycles. The van der Waals surface area contributed by atoms with Gasteiger partial charge in [0.15, 0.2) is 0 Å². The smallest absolute Gasteiger partial charge is 0.411 e. The normalized spacial score (nSPS) is 11.7. The lowest BCUT2D eigenvalue weighted by atomic mass is 9.98. The first-order valence-electron chi connectivity index (χ1n) is 10.7. The minimum atomic E-state index is -1.20. The lowest BCUT2D eigenvalue weighted by Gasteiger charge is -2.20. The van der Waals surface area contributed by atoms with Crippen LogP contribution in [0.4, 0.5) is 10.5 Å². The Morgan fingerprint density at radius 3 is 2.26 bits per heavy atom. The van der Waals surface area contributed by atoms with Crippen LogP contribution in [0.1, 0.15) is 27.4 Å². The summed E-state index contributed by atoms with van der Waals surface area (Å²) in [6.07, 6.45) is 4.56. The number of fused-ring (bicyclic) bond motifs is 3. The molecule has 4 rings (SSSR count). The summed E-state index contributed by atoms with van der Waals surface area (Å²) in [5.74, 6) is 0.355. The number of carbonyl (C=O) groups is 3. The molecule has 8 heteroatoms. The summed E-state index contributed by atoms with van der Waals surface area (Å²) in [7, 11) is 0. The molecule has 0 fully saturated rings. The molecule has 7 nitrogen and oxygen atoms in total. The van der Waals surface area contributed by atoms with Crippen molar-refractivity contribution in [3.05, 3.63) is 87.9 Å². The van der Waals surface area contributed by atoms with Crippen molar-refractivity contribution in [3.63, 3.8) is 0 Å². The van der Waals surface area contributed by atoms with Gasteiger partial charge in [-0.15, -0.1) is 6.42 Å². The van der Waals surface area contributed by atoms with E-state index in [9.17, 15) is 14.4 Å². The average Bonchev–Trinajstić information content (AvgIpc) is 3.16. The van der Waals surface area contributed by atoms with Gasteiger partial charge in [0.05, 0.1) is 17.8 Å². The zero-order chi connectivity index (χ0) is 24.9. The number of rotatable bonds is 7. The van der Waals surface area contributed by atoms with Gasteiger partial charge in [-0.25, -0.2) is 4.79 Å². The number of carboxylic acid groups (broad SMARTS) is 1. The molecule has 0 aliphatic heterocycles. The van der Waals surface area contributed by atoms with Crippen molar-refractivity contribution in [1.29, 1.82) is 0 Å². The van der Waals surface area contributed by atoms with E-state index in [4.69, 9.17) is 16.3 Å². The van der Waals surface area contributed by atoms with Gasteiger partial charge >= 0.3 is 12.1 Å². The van der Waals surface area contributed by atoms with Crippen LogP contribution >= 0.6 is 15.9 Å². The van der Waals surface area contributed by atoms with Crippen LogP contribution < -0.4 is 5.32 Å². The van der Waals surface area contributed by atoms with Gasteiger partial charge in [0, 0.05) is 10.4 Å². The molecule has 2 amide bonds. The number of carboxylic acids is 1. The molecule has 0 unspecified atom stereocenters. The fourth-order valence-corrected chi connectivity index (χ4v) is 4.56. The average molecular weight is 533 g/mol. The number of anilines is 1. The molecule has 3 aromatic carbocycles. The number of amides is 2. The van der Waals surface area contributed by atoms with Crippen LogP contribution in [0.2, 0.25) is 0 Å². The molecular formula is C27H21BrN2O5. The van der Waals surface area contributed by atoms with Gasteiger partial charge in [0.25, 0.3) is 5.91 Å². The highest BCUT2D eigenvalue weighted by Crippen LogP contribution is 2.44. The molecule has 0 radical (unpaired) electrons. The maximum absolute atomic E-state index is 13.0. The molecule has 0 heterocycles. The minimum absolute atomic E-state index is 0.0956. The number of nitrogens with zero attached hydrogens (tertiary/aromatic N) is 1. The summed E-state index contributed by atoms with van der Waals surface area (Å²) in [6.45, 7) is -0.644. The Balaban J connectivity index is 1.51. The van der Waals surface area contributed by atoms with Gasteiger partial charge in [0.2, 0.25) is 0 Å². The minimum Gasteiger partial charge on any atom is -0.480 e. The number of carbonyl (C=O) groups excluding carboxylic acids is 2. The second kappa shape index (κ2) is 10.5. The van der Waals surface area contributed by atoms with Gasteiger partial charge in [-0.1, -0.05) is 70.4 Å². The zero-order valence-corrected chi connectivity index (χ0v) is 20.1. The van der Waals surface area contributed by atoms with Crippen LogP contribution in [-0.2, 0) is 9.53 Å². The number of benzene rings is 3. The van der Waals surface area contributed by atoms with E-state index in [2.05, 4.69) is 27.2 Å². The Hall–Kier alpha value is -4.09. The van der Waals surface area contributed by atoms with Gasteiger partial charge in [-0.05, 0) is 40.5 Å². The quantitative estimate of drug-likeness (QED) is 0.419. The predicted octanol–water partition coefficient (Wildman–Crippen LogP) is 4.97. The van der Waals surface area contributed by atoms with E-state index in [0.717, 1.165) is 27.2 Å². The molecule has 176 valence electrons. The van der Waals surface area contributed by atoms with Crippen molar-refractivity contribution in [2.45, 2.75) is 5.92 Å². The number of nitrogens with one attached hydrogen (secondary N) is 1. The van der Waals surface area contributed by atoms with Crippen molar-refractivity contribution in [2.24, 2.45) is 0 Å². The predicted molar refractivity (Wildman–Crippen MR) is 135 cm³/mol. The molecule has 0 saturated heterocycles. The van der Waals surface area contributed by atoms with Crippen LogP contribution in [0.3, 0.4) is 0 Å². The first-order valence-corrected chi connectivity index (χ1v) is 11.5. The third-order valence-electron chi connectivity index (χ3n) is 5.69. The Labute approximate surface area is 210 Å². The fourth-order valence-electron chi connectivity index (χ4n) is 4.19. The standard InChI is InChI=1S/C27H21BrN2O5/c1-2-13-30(15-25(31)32)26(33)22-12-11-17(28)14-24(22)29-27(34)35-16-23-20-9-5-3-7-18(20)19-8-4-6-10-21(19)23/h1,3-12,14,23H,13,15-16H2,(H,29,34)(H,31,32). The monoisotopic (exact) mass is 532 g/mol. The molecule has 0 bridgehead atoms. The third-order valence-corrected chi connectivity index (χ3v) is 6.18. The SMILES string of the molecule is C#CCN(CC(=O)O)C(=O)c1ccc(Br)cc1NC(=O)OCC1c2ccccc2-c2ccccc21. The van der Waals surface area contributed by atoms with Crippen LogP contribution in [0.25, 0.3) is 11.1 Å². The van der Waals surface area contributed by atoms with Gasteiger partial charge in [0.1, 0.15) is 13.2 Å². The molecule has 3 aromatic rings. The molecule has 0 saturated carbocycles. The second-order valence-corrected chi connectivity index (χ2v) is 8.82. The summed E-state index contributed by atoms with van der Waals surface area (Å²) in [6, 6.07) is 20.7. The fraction of sp³-hybridized carbons (Fsp3) is 0.148. The molecule has 1 aliphatic rings. The van der Waals surface area contributed by atoms with Gasteiger partial charge < -0.3 is 14.7 Å². The van der Waals surface area contributed by atoms with E-state index in [1.54, 1.807) is 12.1 Å². The Morgan fingerprint density at radius 1 is 1.03 bits per heavy atom. The third kappa shape index (κ3) is 5.20. The number of hydrogen-bond donors (Lipinski definition) is 2. The summed E-state index contributed by atoms with van der Waals surface area (Å²) >= 11 is 3.33. The highest BCUT2D eigenvalue weighted by Gasteiger charge is 2.29. The highest BCUT2D eigenvalue weighted by molar-refractivity contribution is 9.10. The largest absolute Gasteiger partial charge is 0.480 e. The first kappa shape index (κ1) is 24.0. The topological polar surface area (TPSA) is 95.9 Å². The van der Waals surface area contributed by atoms with Crippen molar-refractivity contribution in [3.8, 4) is 23.5 Å². The molecule has 0 spiro atoms. The Kier molecular flexibility index (Phi) is 7.18. The van der Waals surface area contributed by atoms with Gasteiger partial charge in [-0.3, -0.25) is 14.9 Å². The number of aliphatic carboxylic acids is 1. The maximum atomic E-state index is 13.0. The van der Waals surface area contributed by atoms with Crippen LogP contribution in [0.5, 0.6) is 0 Å². The number of terminal acetylenes is 1. The molecule has 0 atom stereocenters. The van der Waals surface area contributed by atoms with E-state index in [1.165, 1.54) is 6.07 Å². The lowest BCUT2D eigenvalue weighted by molar-refractivity contribution is -0.137. The van der Waals surface area contributed by atoms with Crippen LogP contribution in [-0.4, -0.2) is 47.7 Å². The van der Waals surface area contributed by atoms with E-state index >= 15 is 0 Å². The van der Waals surface area contributed by atoms with Gasteiger partial charge in [-0.2, -0.15) is 0 Å². The summed E-state index contributed by atoms with van der Waals surface area (Å²) in [5, 5.41) is 11.7. The summed E-state index contributed by atoms with van der Waals surface area (Å²) in [4.78, 5) is 37.9. The molecule has 35 heavy (non-hydrogen) atoms. The Bertz CT molecular complexity index is 1300. The molecular weight excluding hydrogens is 512 g/mol. The van der Waals surface area contributed by atoms with Crippen LogP contribution in [0.15, 0.2) is 71.2 Å². The van der Waals surface area contributed by atoms with Crippen molar-refractivity contribution < 1.29 is 24.2 Å². The van der Waals surface area contributed by atoms with E-state index in [1.807, 2.05) is 48.5 Å². The van der Waals surface area contributed by atoms with Crippen LogP contribution in [0, 0.1) is 12.3 Å². The first-order chi connectivity index (χ1) is 16.9. The maximum Gasteiger partial charge on any atom is 0.411 e. The lowest BCUT2D eigenvalue weighted by Crippen LogP contribution is -2.36. The Morgan fingerprint density at radius 2 is 1.66 bits per heavy atom. The highest BCUT2D eigenvalue weighted by atomic mass is 79.9. The van der Waals surface area contributed by atoms with E-state index < -0.39 is 24.5 Å². The van der Waals surface area contributed by atoms with E-state index in [0.29, 0.717) is 4.47 Å². The molecule has 1 aliphatic carbocycles. The van der Waals surface area contributed by atoms with Crippen molar-refractivity contribution >= 4 is 39.6 Å². The number of halogens is 1. The van der Waals surface area contributed by atoms with Crippen molar-refractivity contribution in [1.82, 2.24) is 4.90 Å². The van der Waals surface area contributed by atoms with E-state index in [-0.39, 0.29) is 30.3 Å². The summed E-state index contributed by atoms with van der Waals surface area (Å²) < 4.78 is 6.19. The number of hydrogen-bond acceptors (Lipinski definition) is 4. The van der Waals surface area contributed by atoms with Crippen molar-refractivity contribution in [2.75, 3.05) is 25.0 Å². The molecule has 2 N–H and O–H groups in total.